The van der Waals surface area contributed by atoms with E-state index in [9.17, 15) is 0 Å². The van der Waals surface area contributed by atoms with Crippen molar-refractivity contribution in [2.24, 2.45) is 0 Å². The van der Waals surface area contributed by atoms with Crippen LogP contribution >= 0.6 is 23.1 Å². The van der Waals surface area contributed by atoms with E-state index in [1.165, 1.54) is 18.1 Å². The molecule has 0 aliphatic carbocycles. The lowest BCUT2D eigenvalue weighted by Gasteiger charge is -2.11. The first kappa shape index (κ1) is 19.1. The van der Waals surface area contributed by atoms with Gasteiger partial charge in [0.15, 0.2) is 33.6 Å². The first-order valence-corrected chi connectivity index (χ1v) is 11.1. The minimum Gasteiger partial charge on any atom is -0.454 e. The Morgan fingerprint density at radius 1 is 1.23 bits per heavy atom. The molecule has 0 spiro atoms. The van der Waals surface area contributed by atoms with Crippen LogP contribution in [0.1, 0.15) is 6.92 Å². The molecule has 0 atom stereocenters. The maximum absolute atomic E-state index is 6.07. The summed E-state index contributed by atoms with van der Waals surface area (Å²) in [6, 6.07) is 3.95. The van der Waals surface area contributed by atoms with Crippen LogP contribution in [0, 0.1) is 0 Å². The van der Waals surface area contributed by atoms with Crippen molar-refractivity contribution in [3.8, 4) is 22.1 Å². The van der Waals surface area contributed by atoms with E-state index in [2.05, 4.69) is 31.8 Å². The summed E-state index contributed by atoms with van der Waals surface area (Å²) in [6.07, 6.45) is 3.26. The summed E-state index contributed by atoms with van der Waals surface area (Å²) in [6.45, 7) is 4.69. The van der Waals surface area contributed by atoms with Gasteiger partial charge in [0, 0.05) is 35.1 Å². The van der Waals surface area contributed by atoms with Crippen LogP contribution in [-0.2, 0) is 6.54 Å². The van der Waals surface area contributed by atoms with E-state index >= 15 is 0 Å². The van der Waals surface area contributed by atoms with Gasteiger partial charge < -0.3 is 25.1 Å². The molecule has 0 bridgehead atoms. The van der Waals surface area contributed by atoms with Crippen LogP contribution in [0.15, 0.2) is 40.1 Å². The van der Waals surface area contributed by atoms with Crippen LogP contribution in [0.2, 0.25) is 0 Å². The Bertz CT molecular complexity index is 1190. The van der Waals surface area contributed by atoms with Crippen LogP contribution in [0.4, 0.5) is 5.82 Å². The second kappa shape index (κ2) is 8.09. The molecule has 11 heteroatoms. The van der Waals surface area contributed by atoms with Gasteiger partial charge >= 0.3 is 0 Å². The largest absolute Gasteiger partial charge is 0.454 e. The predicted molar refractivity (Wildman–Crippen MR) is 116 cm³/mol. The van der Waals surface area contributed by atoms with E-state index in [1.807, 2.05) is 17.5 Å². The summed E-state index contributed by atoms with van der Waals surface area (Å²) in [5.41, 5.74) is 8.37. The number of aromatic nitrogens is 5. The van der Waals surface area contributed by atoms with E-state index in [0.29, 0.717) is 23.6 Å². The van der Waals surface area contributed by atoms with Crippen molar-refractivity contribution >= 4 is 40.1 Å². The van der Waals surface area contributed by atoms with Crippen LogP contribution in [0.25, 0.3) is 21.7 Å². The molecule has 0 saturated heterocycles. The Morgan fingerprint density at radius 3 is 2.90 bits per heavy atom. The summed E-state index contributed by atoms with van der Waals surface area (Å²) >= 11 is 3.10. The SMILES string of the molecule is CCNCCn1c(Sc2cc3c(cc2-c2nccs2)OCO3)nc2c(N)ncnc21. The molecule has 3 aromatic heterocycles. The van der Waals surface area contributed by atoms with E-state index in [1.54, 1.807) is 17.5 Å². The molecule has 5 rings (SSSR count). The molecule has 4 heterocycles. The van der Waals surface area contributed by atoms with Crippen molar-refractivity contribution in [3.63, 3.8) is 0 Å². The molecule has 0 amide bonds. The monoisotopic (exact) mass is 441 g/mol. The Labute approximate surface area is 180 Å². The average Bonchev–Trinajstić information content (AvgIpc) is 3.48. The fourth-order valence-electron chi connectivity index (χ4n) is 3.21. The van der Waals surface area contributed by atoms with Gasteiger partial charge in [-0.25, -0.2) is 19.9 Å². The number of anilines is 1. The molecule has 1 aromatic carbocycles. The molecule has 4 aromatic rings. The second-order valence-electron chi connectivity index (χ2n) is 6.47. The van der Waals surface area contributed by atoms with Gasteiger partial charge in [0.1, 0.15) is 11.3 Å². The Kier molecular flexibility index (Phi) is 5.15. The number of rotatable bonds is 7. The van der Waals surface area contributed by atoms with Gasteiger partial charge in [0.2, 0.25) is 6.79 Å². The fraction of sp³-hybridized carbons (Fsp3) is 0.263. The standard InChI is InChI=1S/C19H19N7O2S2/c1-2-21-3-5-26-17-15(16(20)23-9-24-17)25-19(26)30-14-8-13-12(27-10-28-13)7-11(14)18-22-4-6-29-18/h4,6-9,21H,2-3,5,10H2,1H3,(H2,20,23,24). The third-order valence-electron chi connectivity index (χ3n) is 4.63. The zero-order chi connectivity index (χ0) is 20.5. The van der Waals surface area contributed by atoms with E-state index in [0.717, 1.165) is 45.1 Å². The molecule has 0 unspecified atom stereocenters. The quantitative estimate of drug-likeness (QED) is 0.418. The van der Waals surface area contributed by atoms with Crippen LogP contribution in [0.3, 0.4) is 0 Å². The molecular formula is C19H19N7O2S2. The topological polar surface area (TPSA) is 113 Å². The zero-order valence-corrected chi connectivity index (χ0v) is 17.8. The smallest absolute Gasteiger partial charge is 0.231 e. The van der Waals surface area contributed by atoms with Gasteiger partial charge in [0.25, 0.3) is 0 Å². The van der Waals surface area contributed by atoms with Gasteiger partial charge in [0.05, 0.1) is 0 Å². The van der Waals surface area contributed by atoms with Crippen LogP contribution in [-0.4, -0.2) is 44.4 Å². The predicted octanol–water partition coefficient (Wildman–Crippen LogP) is 3.02. The number of nitrogens with one attached hydrogen (secondary N) is 1. The van der Waals surface area contributed by atoms with Crippen molar-refractivity contribution < 1.29 is 9.47 Å². The van der Waals surface area contributed by atoms with Gasteiger partial charge in [-0.3, -0.25) is 0 Å². The number of thiazole rings is 1. The molecule has 0 radical (unpaired) electrons. The third-order valence-corrected chi connectivity index (χ3v) is 6.48. The minimum atomic E-state index is 0.216. The van der Waals surface area contributed by atoms with Gasteiger partial charge in [-0.1, -0.05) is 18.7 Å². The average molecular weight is 442 g/mol. The van der Waals surface area contributed by atoms with E-state index in [-0.39, 0.29) is 6.79 Å². The normalized spacial score (nSPS) is 12.7. The van der Waals surface area contributed by atoms with Crippen molar-refractivity contribution in [1.29, 1.82) is 0 Å². The molecule has 3 N–H and O–H groups in total. The maximum atomic E-state index is 6.07. The number of hydrogen-bond acceptors (Lipinski definition) is 10. The highest BCUT2D eigenvalue weighted by Crippen LogP contribution is 2.45. The van der Waals surface area contributed by atoms with Crippen molar-refractivity contribution in [2.75, 3.05) is 25.6 Å². The molecule has 0 saturated carbocycles. The van der Waals surface area contributed by atoms with Crippen LogP contribution < -0.4 is 20.5 Å². The van der Waals surface area contributed by atoms with Crippen LogP contribution in [0.5, 0.6) is 11.5 Å². The number of likely N-dealkylation sites (N-methyl/N-ethyl adjacent to an activating group) is 1. The molecular weight excluding hydrogens is 422 g/mol. The number of nitrogens with zero attached hydrogens (tertiary/aromatic N) is 5. The minimum absolute atomic E-state index is 0.216. The van der Waals surface area contributed by atoms with Gasteiger partial charge in [-0.2, -0.15) is 0 Å². The third kappa shape index (κ3) is 3.44. The van der Waals surface area contributed by atoms with E-state index in [4.69, 9.17) is 20.2 Å². The number of imidazole rings is 1. The highest BCUT2D eigenvalue weighted by Gasteiger charge is 2.22. The summed E-state index contributed by atoms with van der Waals surface area (Å²) in [4.78, 5) is 18.7. The Morgan fingerprint density at radius 2 is 2.10 bits per heavy atom. The number of nitrogen functional groups attached to an aromatic ring is 1. The first-order chi connectivity index (χ1) is 14.7. The molecule has 1 aliphatic rings. The summed E-state index contributed by atoms with van der Waals surface area (Å²) in [7, 11) is 0. The molecule has 154 valence electrons. The Balaban J connectivity index is 1.60. The highest BCUT2D eigenvalue weighted by atomic mass is 32.2. The molecule has 0 fully saturated rings. The molecule has 9 nitrogen and oxygen atoms in total. The summed E-state index contributed by atoms with van der Waals surface area (Å²) in [5, 5.41) is 6.99. The zero-order valence-electron chi connectivity index (χ0n) is 16.2. The lowest BCUT2D eigenvalue weighted by molar-refractivity contribution is 0.174. The van der Waals surface area contributed by atoms with Crippen molar-refractivity contribution in [1.82, 2.24) is 29.8 Å². The summed E-state index contributed by atoms with van der Waals surface area (Å²) in [5.74, 6) is 1.81. The number of benzene rings is 1. The van der Waals surface area contributed by atoms with Gasteiger partial charge in [-0.05, 0) is 18.7 Å². The van der Waals surface area contributed by atoms with Crippen molar-refractivity contribution in [3.05, 3.63) is 30.0 Å². The lowest BCUT2D eigenvalue weighted by Crippen LogP contribution is -2.19. The van der Waals surface area contributed by atoms with Crippen molar-refractivity contribution in [2.45, 2.75) is 23.5 Å². The highest BCUT2D eigenvalue weighted by molar-refractivity contribution is 7.99. The second-order valence-corrected chi connectivity index (χ2v) is 8.38. The molecule has 1 aliphatic heterocycles. The number of hydrogen-bond donors (Lipinski definition) is 2. The Hall–Kier alpha value is -2.89. The first-order valence-electron chi connectivity index (χ1n) is 9.43. The number of nitrogens with two attached hydrogens (primary N) is 1. The summed E-state index contributed by atoms with van der Waals surface area (Å²) < 4.78 is 13.2. The number of fused-ring (bicyclic) bond motifs is 2. The number of ether oxygens (including phenoxy) is 2. The van der Waals surface area contributed by atoms with Gasteiger partial charge in [-0.15, -0.1) is 11.3 Å². The lowest BCUT2D eigenvalue weighted by atomic mass is 10.2. The molecule has 30 heavy (non-hydrogen) atoms. The maximum Gasteiger partial charge on any atom is 0.231 e. The van der Waals surface area contributed by atoms with E-state index < -0.39 is 0 Å². The fourth-order valence-corrected chi connectivity index (χ4v) is 5.00.